The summed E-state index contributed by atoms with van der Waals surface area (Å²) in [5.41, 5.74) is 0. The quantitative estimate of drug-likeness (QED) is 0.729. The lowest BCUT2D eigenvalue weighted by molar-refractivity contribution is -0.151. The Morgan fingerprint density at radius 3 is 2.67 bits per heavy atom. The highest BCUT2D eigenvalue weighted by atomic mass is 79.9. The van der Waals surface area contributed by atoms with Crippen molar-refractivity contribution in [3.63, 3.8) is 0 Å². The molecule has 0 aromatic heterocycles. The highest BCUT2D eigenvalue weighted by Crippen LogP contribution is 2.16. The molecule has 1 atom stereocenters. The molecular weight excluding hydrogens is 338 g/mol. The number of benzene rings is 1. The van der Waals surface area contributed by atoms with E-state index in [0.717, 1.165) is 37.3 Å². The molecule has 0 radical (unpaired) electrons. The molecule has 21 heavy (non-hydrogen) atoms. The van der Waals surface area contributed by atoms with E-state index in [4.69, 9.17) is 14.2 Å². The molecule has 1 aromatic rings. The number of hydrogen-bond acceptors (Lipinski definition) is 5. The average Bonchev–Trinajstić information content (AvgIpc) is 2.47. The van der Waals surface area contributed by atoms with Gasteiger partial charge < -0.3 is 14.2 Å². The van der Waals surface area contributed by atoms with Crippen LogP contribution in [0.5, 0.6) is 5.75 Å². The Labute approximate surface area is 133 Å². The second-order valence-corrected chi connectivity index (χ2v) is 5.87. The number of morpholine rings is 1. The molecule has 1 heterocycles. The number of hydrogen-bond donors (Lipinski definition) is 0. The number of carbonyl (C=O) groups excluding carboxylic acids is 1. The Morgan fingerprint density at radius 2 is 2.00 bits per heavy atom. The second kappa shape index (κ2) is 8.36. The molecule has 0 spiro atoms. The lowest BCUT2D eigenvalue weighted by Gasteiger charge is -2.28. The maximum absolute atomic E-state index is 11.7. The largest absolute Gasteiger partial charge is 0.482 e. The lowest BCUT2D eigenvalue weighted by Crippen LogP contribution is -2.41. The summed E-state index contributed by atoms with van der Waals surface area (Å²) in [6.45, 7) is 5.81. The van der Waals surface area contributed by atoms with Crippen molar-refractivity contribution >= 4 is 21.9 Å². The molecule has 0 bridgehead atoms. The van der Waals surface area contributed by atoms with Crippen molar-refractivity contribution in [2.24, 2.45) is 0 Å². The first-order valence-electron chi connectivity index (χ1n) is 7.01. The van der Waals surface area contributed by atoms with Crippen molar-refractivity contribution in [2.75, 3.05) is 39.5 Å². The molecule has 1 saturated heterocycles. The molecule has 0 N–H and O–H groups in total. The summed E-state index contributed by atoms with van der Waals surface area (Å²) < 4.78 is 17.0. The van der Waals surface area contributed by atoms with E-state index in [1.807, 2.05) is 19.1 Å². The zero-order valence-electron chi connectivity index (χ0n) is 12.1. The molecule has 2 rings (SSSR count). The van der Waals surface area contributed by atoms with Crippen molar-refractivity contribution in [3.05, 3.63) is 28.7 Å². The summed E-state index contributed by atoms with van der Waals surface area (Å²) in [6, 6.07) is 7.33. The van der Waals surface area contributed by atoms with Crippen LogP contribution in [0.4, 0.5) is 0 Å². The van der Waals surface area contributed by atoms with Gasteiger partial charge in [-0.15, -0.1) is 0 Å². The maximum Gasteiger partial charge on any atom is 0.344 e. The predicted octanol–water partition coefficient (Wildman–Crippen LogP) is 2.09. The van der Waals surface area contributed by atoms with Crippen molar-refractivity contribution in [2.45, 2.75) is 13.0 Å². The van der Waals surface area contributed by atoms with E-state index in [2.05, 4.69) is 20.8 Å². The van der Waals surface area contributed by atoms with E-state index in [-0.39, 0.29) is 18.7 Å². The zero-order chi connectivity index (χ0) is 15.1. The molecule has 1 fully saturated rings. The Morgan fingerprint density at radius 1 is 1.33 bits per heavy atom. The van der Waals surface area contributed by atoms with Gasteiger partial charge in [0.2, 0.25) is 0 Å². The molecule has 0 amide bonds. The average molecular weight is 358 g/mol. The normalized spacial score (nSPS) is 17.2. The van der Waals surface area contributed by atoms with Gasteiger partial charge in [-0.2, -0.15) is 0 Å². The third kappa shape index (κ3) is 6.03. The summed E-state index contributed by atoms with van der Waals surface area (Å²) in [6.07, 6.45) is -0.149. The summed E-state index contributed by atoms with van der Waals surface area (Å²) in [5.74, 6) is 0.301. The van der Waals surface area contributed by atoms with Gasteiger partial charge in [0.05, 0.1) is 13.2 Å². The molecule has 0 saturated carbocycles. The smallest absolute Gasteiger partial charge is 0.344 e. The van der Waals surface area contributed by atoms with E-state index in [1.54, 1.807) is 12.1 Å². The molecule has 1 aliphatic heterocycles. The van der Waals surface area contributed by atoms with Gasteiger partial charge in [-0.1, -0.05) is 15.9 Å². The first kappa shape index (κ1) is 16.3. The number of carbonyl (C=O) groups is 1. The maximum atomic E-state index is 11.7. The molecule has 6 heteroatoms. The summed E-state index contributed by atoms with van der Waals surface area (Å²) in [7, 11) is 0. The summed E-state index contributed by atoms with van der Waals surface area (Å²) >= 11 is 3.34. The molecule has 1 aromatic carbocycles. The van der Waals surface area contributed by atoms with Crippen LogP contribution in [0.2, 0.25) is 0 Å². The minimum absolute atomic E-state index is 0.0743. The molecule has 0 aliphatic carbocycles. The Hall–Kier alpha value is -1.11. The van der Waals surface area contributed by atoms with Crippen LogP contribution in [-0.2, 0) is 14.3 Å². The predicted molar refractivity (Wildman–Crippen MR) is 82.5 cm³/mol. The van der Waals surface area contributed by atoms with Crippen LogP contribution in [-0.4, -0.2) is 56.4 Å². The third-order valence-corrected chi connectivity index (χ3v) is 3.65. The van der Waals surface area contributed by atoms with Gasteiger partial charge in [0.15, 0.2) is 6.61 Å². The molecule has 0 unspecified atom stereocenters. The summed E-state index contributed by atoms with van der Waals surface area (Å²) in [5, 5.41) is 0. The van der Waals surface area contributed by atoms with E-state index in [0.29, 0.717) is 5.75 Å². The van der Waals surface area contributed by atoms with Gasteiger partial charge in [-0.05, 0) is 31.2 Å². The van der Waals surface area contributed by atoms with Crippen LogP contribution >= 0.6 is 15.9 Å². The molecule has 1 aliphatic rings. The minimum Gasteiger partial charge on any atom is -0.482 e. The Kier molecular flexibility index (Phi) is 6.48. The van der Waals surface area contributed by atoms with Gasteiger partial charge in [0.25, 0.3) is 0 Å². The zero-order valence-corrected chi connectivity index (χ0v) is 13.7. The van der Waals surface area contributed by atoms with Crippen LogP contribution in [0.15, 0.2) is 28.7 Å². The van der Waals surface area contributed by atoms with E-state index in [1.165, 1.54) is 0 Å². The lowest BCUT2D eigenvalue weighted by atomic mass is 10.3. The van der Waals surface area contributed by atoms with E-state index < -0.39 is 0 Å². The number of esters is 1. The number of ether oxygens (including phenoxy) is 3. The standard InChI is InChI=1S/C15H20BrNO4/c1-12(10-17-6-8-19-9-7-17)21-15(18)11-20-14-4-2-13(16)3-5-14/h2-5,12H,6-11H2,1H3/t12-/m1/s1. The van der Waals surface area contributed by atoms with Crippen LogP contribution in [0.3, 0.4) is 0 Å². The second-order valence-electron chi connectivity index (χ2n) is 4.96. The molecule has 116 valence electrons. The van der Waals surface area contributed by atoms with Gasteiger partial charge in [0.1, 0.15) is 11.9 Å². The molecule has 5 nitrogen and oxygen atoms in total. The fourth-order valence-electron chi connectivity index (χ4n) is 2.12. The van der Waals surface area contributed by atoms with Gasteiger partial charge in [0, 0.05) is 24.1 Å². The van der Waals surface area contributed by atoms with Gasteiger partial charge in [-0.25, -0.2) is 4.79 Å². The number of rotatable bonds is 6. The Balaban J connectivity index is 1.67. The fourth-order valence-corrected chi connectivity index (χ4v) is 2.38. The SMILES string of the molecule is C[C@H](CN1CCOCC1)OC(=O)COc1ccc(Br)cc1. The van der Waals surface area contributed by atoms with Crippen molar-refractivity contribution in [1.82, 2.24) is 4.90 Å². The van der Waals surface area contributed by atoms with Crippen molar-refractivity contribution in [1.29, 1.82) is 0 Å². The van der Waals surface area contributed by atoms with E-state index >= 15 is 0 Å². The molecular formula is C15H20BrNO4. The van der Waals surface area contributed by atoms with Crippen LogP contribution < -0.4 is 4.74 Å². The van der Waals surface area contributed by atoms with Gasteiger partial charge in [-0.3, -0.25) is 4.90 Å². The summed E-state index contributed by atoms with van der Waals surface area (Å²) in [4.78, 5) is 14.0. The van der Waals surface area contributed by atoms with Gasteiger partial charge >= 0.3 is 5.97 Å². The Bertz CT molecular complexity index is 445. The monoisotopic (exact) mass is 357 g/mol. The highest BCUT2D eigenvalue weighted by molar-refractivity contribution is 9.10. The minimum atomic E-state index is -0.348. The van der Waals surface area contributed by atoms with Crippen molar-refractivity contribution in [3.8, 4) is 5.75 Å². The fraction of sp³-hybridized carbons (Fsp3) is 0.533. The number of halogens is 1. The third-order valence-electron chi connectivity index (χ3n) is 3.12. The first-order chi connectivity index (χ1) is 10.1. The topological polar surface area (TPSA) is 48.0 Å². The van der Waals surface area contributed by atoms with E-state index in [9.17, 15) is 4.79 Å². The highest BCUT2D eigenvalue weighted by Gasteiger charge is 2.16. The van der Waals surface area contributed by atoms with Crippen LogP contribution in [0, 0.1) is 0 Å². The van der Waals surface area contributed by atoms with Crippen molar-refractivity contribution < 1.29 is 19.0 Å². The van der Waals surface area contributed by atoms with Crippen LogP contribution in [0.1, 0.15) is 6.92 Å². The van der Waals surface area contributed by atoms with Crippen LogP contribution in [0.25, 0.3) is 0 Å². The number of nitrogens with zero attached hydrogens (tertiary/aromatic N) is 1. The first-order valence-corrected chi connectivity index (χ1v) is 7.81.